The van der Waals surface area contributed by atoms with Crippen molar-refractivity contribution in [3.8, 4) is 17.0 Å². The molecule has 4 aromatic rings. The lowest BCUT2D eigenvalue weighted by molar-refractivity contribution is -0.136. The van der Waals surface area contributed by atoms with Crippen LogP contribution in [0.5, 0.6) is 5.75 Å². The quantitative estimate of drug-likeness (QED) is 0.310. The van der Waals surface area contributed by atoms with Crippen molar-refractivity contribution in [3.63, 3.8) is 0 Å². The van der Waals surface area contributed by atoms with Gasteiger partial charge in [0.2, 0.25) is 0 Å². The molecular weight excluding hydrogens is 420 g/mol. The monoisotopic (exact) mass is 444 g/mol. The number of carbonyl (C=O) groups is 1. The third-order valence-electron chi connectivity index (χ3n) is 5.23. The first-order chi connectivity index (χ1) is 15.6. The van der Waals surface area contributed by atoms with E-state index in [0.29, 0.717) is 11.8 Å². The second-order valence-electron chi connectivity index (χ2n) is 7.48. The van der Waals surface area contributed by atoms with Crippen molar-refractivity contribution in [1.29, 1.82) is 0 Å². The number of aromatic nitrogens is 2. The maximum atomic E-state index is 12.0. The Hall–Kier alpha value is -3.51. The van der Waals surface area contributed by atoms with E-state index in [2.05, 4.69) is 9.97 Å². The van der Waals surface area contributed by atoms with Crippen LogP contribution in [0.1, 0.15) is 24.0 Å². The highest BCUT2D eigenvalue weighted by Gasteiger charge is 2.28. The van der Waals surface area contributed by atoms with Crippen LogP contribution in [0.15, 0.2) is 96.3 Å². The van der Waals surface area contributed by atoms with E-state index in [4.69, 9.17) is 4.74 Å². The van der Waals surface area contributed by atoms with Gasteiger partial charge < -0.3 is 14.8 Å². The second kappa shape index (κ2) is 10.2. The number of benzene rings is 3. The summed E-state index contributed by atoms with van der Waals surface area (Å²) in [5, 5.41) is 9.78. The van der Waals surface area contributed by atoms with Gasteiger partial charge in [-0.15, -0.1) is 0 Å². The molecule has 0 aliphatic carbocycles. The number of carboxylic acids is 1. The molecule has 0 radical (unpaired) electrons. The third kappa shape index (κ3) is 5.39. The second-order valence-corrected chi connectivity index (χ2v) is 8.61. The molecular formula is C26H24N2O3S. The molecule has 3 aromatic carbocycles. The highest BCUT2D eigenvalue weighted by Crippen LogP contribution is 2.34. The Labute approximate surface area is 191 Å². The minimum Gasteiger partial charge on any atom is -0.489 e. The first-order valence-corrected chi connectivity index (χ1v) is 11.2. The molecule has 0 spiro atoms. The third-order valence-corrected chi connectivity index (χ3v) is 6.52. The highest BCUT2D eigenvalue weighted by atomic mass is 32.2. The molecule has 1 aromatic heterocycles. The zero-order valence-electron chi connectivity index (χ0n) is 17.6. The fourth-order valence-electron chi connectivity index (χ4n) is 3.40. The molecule has 162 valence electrons. The molecule has 0 fully saturated rings. The van der Waals surface area contributed by atoms with Crippen LogP contribution < -0.4 is 4.74 Å². The molecule has 2 unspecified atom stereocenters. The molecule has 1 heterocycles. The van der Waals surface area contributed by atoms with Gasteiger partial charge in [0.15, 0.2) is 5.16 Å². The van der Waals surface area contributed by atoms with E-state index in [1.807, 2.05) is 91.9 Å². The van der Waals surface area contributed by atoms with Gasteiger partial charge in [0, 0.05) is 5.92 Å². The van der Waals surface area contributed by atoms with Crippen molar-refractivity contribution in [2.24, 2.45) is 0 Å². The largest absolute Gasteiger partial charge is 0.489 e. The fourth-order valence-corrected chi connectivity index (χ4v) is 4.38. The zero-order chi connectivity index (χ0) is 22.3. The van der Waals surface area contributed by atoms with Gasteiger partial charge >= 0.3 is 5.97 Å². The average Bonchev–Trinajstić information content (AvgIpc) is 3.31. The van der Waals surface area contributed by atoms with Gasteiger partial charge in [0.1, 0.15) is 17.6 Å². The van der Waals surface area contributed by atoms with Crippen molar-refractivity contribution in [3.05, 3.63) is 102 Å². The molecule has 0 aliphatic heterocycles. The Kier molecular flexibility index (Phi) is 6.92. The van der Waals surface area contributed by atoms with Crippen LogP contribution in [0.2, 0.25) is 0 Å². The summed E-state index contributed by atoms with van der Waals surface area (Å²) in [6.07, 6.45) is 1.74. The van der Waals surface area contributed by atoms with Crippen LogP contribution >= 0.6 is 11.8 Å². The van der Waals surface area contributed by atoms with Crippen molar-refractivity contribution in [1.82, 2.24) is 9.97 Å². The lowest BCUT2D eigenvalue weighted by Gasteiger charge is -2.19. The van der Waals surface area contributed by atoms with E-state index in [0.717, 1.165) is 28.1 Å². The zero-order valence-corrected chi connectivity index (χ0v) is 18.5. The van der Waals surface area contributed by atoms with Gasteiger partial charge in [-0.05, 0) is 28.8 Å². The Morgan fingerprint density at radius 3 is 2.31 bits per heavy atom. The normalized spacial score (nSPS) is 12.8. The van der Waals surface area contributed by atoms with E-state index < -0.39 is 11.2 Å². The standard InChI is InChI=1S/C26H24N2O3S/c1-18(20-12-14-22(15-13-20)31-17-19-8-4-2-5-9-19)24(25(29)30)32-26-27-16-23(28-26)21-10-6-3-7-11-21/h2-16,18,24H,17H2,1H3,(H,27,28)(H,29,30). The first-order valence-electron chi connectivity index (χ1n) is 10.4. The minimum absolute atomic E-state index is 0.217. The Balaban J connectivity index is 1.42. The maximum Gasteiger partial charge on any atom is 0.317 e. The summed E-state index contributed by atoms with van der Waals surface area (Å²) in [6, 6.07) is 27.4. The summed E-state index contributed by atoms with van der Waals surface area (Å²) in [6.45, 7) is 2.41. The van der Waals surface area contributed by atoms with E-state index in [1.54, 1.807) is 6.20 Å². The van der Waals surface area contributed by atoms with Gasteiger partial charge in [0.05, 0.1) is 11.9 Å². The fraction of sp³-hybridized carbons (Fsp3) is 0.154. The van der Waals surface area contributed by atoms with Crippen molar-refractivity contribution < 1.29 is 14.6 Å². The number of ether oxygens (including phenoxy) is 1. The van der Waals surface area contributed by atoms with E-state index in [9.17, 15) is 9.90 Å². The Bertz CT molecular complexity index is 1140. The topological polar surface area (TPSA) is 75.2 Å². The summed E-state index contributed by atoms with van der Waals surface area (Å²) in [5.74, 6) is -0.335. The number of thioether (sulfide) groups is 1. The van der Waals surface area contributed by atoms with E-state index >= 15 is 0 Å². The van der Waals surface area contributed by atoms with Gasteiger partial charge in [-0.25, -0.2) is 4.98 Å². The van der Waals surface area contributed by atoms with Crippen LogP contribution in [0, 0.1) is 0 Å². The molecule has 0 saturated carbocycles. The average molecular weight is 445 g/mol. The van der Waals surface area contributed by atoms with Gasteiger partial charge in [-0.3, -0.25) is 4.79 Å². The molecule has 2 atom stereocenters. The minimum atomic E-state index is -0.871. The number of H-pyrrole nitrogens is 1. The smallest absolute Gasteiger partial charge is 0.317 e. The maximum absolute atomic E-state index is 12.0. The SMILES string of the molecule is CC(c1ccc(OCc2ccccc2)cc1)C(Sc1ncc(-c2ccccc2)[nH]1)C(=O)O. The number of hydrogen-bond acceptors (Lipinski definition) is 4. The molecule has 32 heavy (non-hydrogen) atoms. The summed E-state index contributed by atoms with van der Waals surface area (Å²) in [5.41, 5.74) is 3.91. The number of aromatic amines is 1. The van der Waals surface area contributed by atoms with Crippen LogP contribution in [-0.4, -0.2) is 26.3 Å². The summed E-state index contributed by atoms with van der Waals surface area (Å²) in [7, 11) is 0. The first kappa shape index (κ1) is 21.7. The van der Waals surface area contributed by atoms with Crippen molar-refractivity contribution in [2.45, 2.75) is 29.9 Å². The number of nitrogens with zero attached hydrogens (tertiary/aromatic N) is 1. The van der Waals surface area contributed by atoms with Crippen LogP contribution in [0.4, 0.5) is 0 Å². The lowest BCUT2D eigenvalue weighted by Crippen LogP contribution is -2.23. The molecule has 4 rings (SSSR count). The van der Waals surface area contributed by atoms with E-state index in [-0.39, 0.29) is 5.92 Å². The molecule has 0 saturated heterocycles. The number of carboxylic acid groups (broad SMARTS) is 1. The van der Waals surface area contributed by atoms with Crippen LogP contribution in [0.25, 0.3) is 11.3 Å². The highest BCUT2D eigenvalue weighted by molar-refractivity contribution is 8.00. The number of aliphatic carboxylic acids is 1. The number of imidazole rings is 1. The molecule has 2 N–H and O–H groups in total. The van der Waals surface area contributed by atoms with Crippen molar-refractivity contribution in [2.75, 3.05) is 0 Å². The van der Waals surface area contributed by atoms with Gasteiger partial charge in [-0.1, -0.05) is 91.5 Å². The number of rotatable bonds is 9. The molecule has 0 bridgehead atoms. The number of nitrogens with one attached hydrogen (secondary N) is 1. The molecule has 6 heteroatoms. The Morgan fingerprint density at radius 2 is 1.66 bits per heavy atom. The molecule has 5 nitrogen and oxygen atoms in total. The van der Waals surface area contributed by atoms with Crippen molar-refractivity contribution >= 4 is 17.7 Å². The number of hydrogen-bond donors (Lipinski definition) is 2. The predicted octanol–water partition coefficient (Wildman–Crippen LogP) is 6.00. The van der Waals surface area contributed by atoms with Crippen LogP contribution in [0.3, 0.4) is 0 Å². The van der Waals surface area contributed by atoms with Gasteiger partial charge in [-0.2, -0.15) is 0 Å². The lowest BCUT2D eigenvalue weighted by atomic mass is 9.97. The van der Waals surface area contributed by atoms with Gasteiger partial charge in [0.25, 0.3) is 0 Å². The van der Waals surface area contributed by atoms with E-state index in [1.165, 1.54) is 11.8 Å². The molecule has 0 aliphatic rings. The summed E-state index contributed by atoms with van der Waals surface area (Å²) < 4.78 is 5.84. The summed E-state index contributed by atoms with van der Waals surface area (Å²) >= 11 is 1.23. The predicted molar refractivity (Wildman–Crippen MR) is 127 cm³/mol. The molecule has 0 amide bonds. The Morgan fingerprint density at radius 1 is 1.00 bits per heavy atom. The van der Waals surface area contributed by atoms with Crippen LogP contribution in [-0.2, 0) is 11.4 Å². The summed E-state index contributed by atoms with van der Waals surface area (Å²) in [4.78, 5) is 19.6.